The highest BCUT2D eigenvalue weighted by Crippen LogP contribution is 2.11. The molecule has 7 N–H and O–H groups in total. The van der Waals surface area contributed by atoms with E-state index in [1.165, 1.54) is 0 Å². The Labute approximate surface area is 148 Å². The molecule has 0 radical (unpaired) electrons. The molecule has 1 aliphatic rings. The molecular weight excluding hydrogens is 344 g/mol. The number of guanidine groups is 1. The number of aliphatic hydroxyl groups excluding tert-OH is 5. The Morgan fingerprint density at radius 3 is 2.50 bits per heavy atom. The lowest BCUT2D eigenvalue weighted by Crippen LogP contribution is -2.46. The highest BCUT2D eigenvalue weighted by atomic mass is 16.4. The van der Waals surface area contributed by atoms with Gasteiger partial charge in [-0.25, -0.2) is 10.4 Å². The third-order valence-electron chi connectivity index (χ3n) is 3.48. The average Bonchev–Trinajstić information content (AvgIpc) is 2.99. The van der Waals surface area contributed by atoms with Gasteiger partial charge in [-0.3, -0.25) is 10.1 Å². The molecule has 1 amide bonds. The molecule has 0 spiro atoms. The summed E-state index contributed by atoms with van der Waals surface area (Å²) in [6.45, 7) is -0.778. The predicted octanol–water partition coefficient (Wildman–Crippen LogP) is -2.48. The number of nitrogens with one attached hydrogen (secondary N) is 2. The summed E-state index contributed by atoms with van der Waals surface area (Å²) in [4.78, 5) is 15.8. The Bertz CT molecular complexity index is 706. The maximum atomic E-state index is 11.8. The first-order valence-electron chi connectivity index (χ1n) is 7.71. The van der Waals surface area contributed by atoms with E-state index in [2.05, 4.69) is 20.8 Å². The number of aliphatic hydroxyl groups is 5. The van der Waals surface area contributed by atoms with Crippen molar-refractivity contribution in [2.45, 2.75) is 24.4 Å². The molecule has 0 saturated carbocycles. The molecule has 10 nitrogen and oxygen atoms in total. The molecule has 4 unspecified atom stereocenters. The Balaban J connectivity index is 1.95. The van der Waals surface area contributed by atoms with Crippen LogP contribution in [-0.2, 0) is 4.79 Å². The van der Waals surface area contributed by atoms with E-state index in [9.17, 15) is 25.2 Å². The monoisotopic (exact) mass is 364 g/mol. The molecule has 1 aliphatic heterocycles. The summed E-state index contributed by atoms with van der Waals surface area (Å²) in [6.07, 6.45) is -4.33. The van der Waals surface area contributed by atoms with Crippen molar-refractivity contribution < 1.29 is 30.3 Å². The summed E-state index contributed by atoms with van der Waals surface area (Å²) >= 11 is 0. The van der Waals surface area contributed by atoms with Crippen molar-refractivity contribution in [1.29, 1.82) is 0 Å². The Hall–Kier alpha value is -2.63. The van der Waals surface area contributed by atoms with Crippen molar-refractivity contribution in [2.75, 3.05) is 6.61 Å². The van der Waals surface area contributed by atoms with Gasteiger partial charge in [0.2, 0.25) is 5.96 Å². The van der Waals surface area contributed by atoms with Crippen molar-refractivity contribution in [3.63, 3.8) is 0 Å². The van der Waals surface area contributed by atoms with Crippen LogP contribution in [0.25, 0.3) is 6.08 Å². The first-order valence-corrected chi connectivity index (χ1v) is 7.71. The fraction of sp³-hybridized carbons (Fsp3) is 0.312. The number of rotatable bonds is 7. The maximum Gasteiger partial charge on any atom is 0.276 e. The van der Waals surface area contributed by atoms with E-state index in [-0.39, 0.29) is 11.7 Å². The van der Waals surface area contributed by atoms with Crippen molar-refractivity contribution in [1.82, 2.24) is 10.7 Å². The van der Waals surface area contributed by atoms with Crippen LogP contribution in [0.4, 0.5) is 0 Å². The number of hydrazone groups is 1. The third kappa shape index (κ3) is 5.18. The number of hydrogen-bond donors (Lipinski definition) is 7. The minimum Gasteiger partial charge on any atom is -0.394 e. The lowest BCUT2D eigenvalue weighted by Gasteiger charge is -2.23. The van der Waals surface area contributed by atoms with E-state index in [1.54, 1.807) is 6.08 Å². The summed E-state index contributed by atoms with van der Waals surface area (Å²) in [5.41, 5.74) is 3.33. The standard InChI is InChI=1S/C16H20N4O6/c21-8-12(23)14(25)13(24)11(22)7-17-20-16-18-10(15(26)19-16)6-9-4-2-1-3-5-9/h1-7,11-14,21-25H,8H2,(H2,18,19,20,26)/b10-6-,17-7+. The summed E-state index contributed by atoms with van der Waals surface area (Å²) < 4.78 is 0. The Morgan fingerprint density at radius 1 is 1.15 bits per heavy atom. The number of carbonyl (C=O) groups excluding carboxylic acids is 1. The van der Waals surface area contributed by atoms with Crippen LogP contribution in [0.1, 0.15) is 5.56 Å². The van der Waals surface area contributed by atoms with Gasteiger partial charge >= 0.3 is 0 Å². The Morgan fingerprint density at radius 2 is 1.85 bits per heavy atom. The van der Waals surface area contributed by atoms with Crippen LogP contribution in [0.3, 0.4) is 0 Å². The predicted molar refractivity (Wildman–Crippen MR) is 92.7 cm³/mol. The molecule has 0 aliphatic carbocycles. The molecule has 0 saturated heterocycles. The summed E-state index contributed by atoms with van der Waals surface area (Å²) in [6, 6.07) is 9.10. The van der Waals surface area contributed by atoms with Crippen LogP contribution in [0.15, 0.2) is 46.1 Å². The largest absolute Gasteiger partial charge is 0.394 e. The van der Waals surface area contributed by atoms with Gasteiger partial charge in [0, 0.05) is 0 Å². The molecular formula is C16H20N4O6. The lowest BCUT2D eigenvalue weighted by molar-refractivity contribution is -0.115. The summed E-state index contributed by atoms with van der Waals surface area (Å²) in [5, 5.41) is 52.7. The van der Waals surface area contributed by atoms with E-state index < -0.39 is 36.9 Å². The minimum absolute atomic E-state index is 0.0195. The fourth-order valence-electron chi connectivity index (χ4n) is 2.03. The van der Waals surface area contributed by atoms with Crippen molar-refractivity contribution >= 4 is 24.2 Å². The number of carbonyl (C=O) groups is 1. The zero-order chi connectivity index (χ0) is 19.1. The van der Waals surface area contributed by atoms with Crippen LogP contribution >= 0.6 is 0 Å². The van der Waals surface area contributed by atoms with E-state index in [0.717, 1.165) is 11.8 Å². The van der Waals surface area contributed by atoms with Crippen molar-refractivity contribution in [3.05, 3.63) is 41.6 Å². The van der Waals surface area contributed by atoms with Gasteiger partial charge in [-0.2, -0.15) is 5.10 Å². The average molecular weight is 364 g/mol. The molecule has 1 aromatic rings. The third-order valence-corrected chi connectivity index (χ3v) is 3.48. The van der Waals surface area contributed by atoms with Crippen LogP contribution in [-0.4, -0.2) is 74.6 Å². The molecule has 1 heterocycles. The second-order valence-electron chi connectivity index (χ2n) is 5.47. The van der Waals surface area contributed by atoms with Crippen molar-refractivity contribution in [2.24, 2.45) is 10.1 Å². The van der Waals surface area contributed by atoms with Crippen LogP contribution in [0.2, 0.25) is 0 Å². The van der Waals surface area contributed by atoms with Gasteiger partial charge in [0.1, 0.15) is 30.1 Å². The molecule has 10 heteroatoms. The van der Waals surface area contributed by atoms with Gasteiger partial charge in [0.15, 0.2) is 0 Å². The summed E-state index contributed by atoms with van der Waals surface area (Å²) in [7, 11) is 0. The van der Waals surface area contributed by atoms with Gasteiger partial charge in [0.05, 0.1) is 12.8 Å². The molecule has 0 fully saturated rings. The number of nitrogens with zero attached hydrogens (tertiary/aromatic N) is 2. The van der Waals surface area contributed by atoms with Crippen molar-refractivity contribution in [3.8, 4) is 0 Å². The topological polar surface area (TPSA) is 167 Å². The van der Waals surface area contributed by atoms with E-state index >= 15 is 0 Å². The van der Waals surface area contributed by atoms with Gasteiger partial charge < -0.3 is 25.5 Å². The second-order valence-corrected chi connectivity index (χ2v) is 5.47. The molecule has 140 valence electrons. The maximum absolute atomic E-state index is 11.8. The SMILES string of the molecule is O=C1NC(N/N=C/C(O)C(O)C(O)C(O)CO)=N/C1=C\c1ccccc1. The van der Waals surface area contributed by atoms with E-state index in [0.29, 0.717) is 0 Å². The van der Waals surface area contributed by atoms with E-state index in [1.807, 2.05) is 30.3 Å². The van der Waals surface area contributed by atoms with Crippen LogP contribution < -0.4 is 10.7 Å². The number of amides is 1. The van der Waals surface area contributed by atoms with Gasteiger partial charge in [0.25, 0.3) is 5.91 Å². The molecule has 26 heavy (non-hydrogen) atoms. The van der Waals surface area contributed by atoms with Crippen LogP contribution in [0, 0.1) is 0 Å². The second kappa shape index (κ2) is 9.17. The quantitative estimate of drug-likeness (QED) is 0.160. The number of aliphatic imine (C=N–C) groups is 1. The minimum atomic E-state index is -1.77. The lowest BCUT2D eigenvalue weighted by atomic mass is 10.0. The van der Waals surface area contributed by atoms with Gasteiger partial charge in [-0.05, 0) is 11.6 Å². The summed E-state index contributed by atoms with van der Waals surface area (Å²) in [5.74, 6) is -0.417. The van der Waals surface area contributed by atoms with E-state index in [4.69, 9.17) is 5.11 Å². The van der Waals surface area contributed by atoms with Crippen LogP contribution in [0.5, 0.6) is 0 Å². The molecule has 4 atom stereocenters. The normalized spacial score (nSPS) is 20.6. The van der Waals surface area contributed by atoms with Gasteiger partial charge in [-0.15, -0.1) is 0 Å². The molecule has 2 rings (SSSR count). The first kappa shape index (κ1) is 19.7. The molecule has 0 bridgehead atoms. The molecule has 1 aromatic carbocycles. The zero-order valence-corrected chi connectivity index (χ0v) is 13.6. The Kier molecular flexibility index (Phi) is 6.95. The number of hydrogen-bond acceptors (Lipinski definition) is 9. The first-order chi connectivity index (χ1) is 12.4. The number of benzene rings is 1. The van der Waals surface area contributed by atoms with Gasteiger partial charge in [-0.1, -0.05) is 30.3 Å². The highest BCUT2D eigenvalue weighted by Gasteiger charge is 2.29. The fourth-order valence-corrected chi connectivity index (χ4v) is 2.03. The highest BCUT2D eigenvalue weighted by molar-refractivity contribution is 6.13. The zero-order valence-electron chi connectivity index (χ0n) is 13.6. The smallest absolute Gasteiger partial charge is 0.276 e. The molecule has 0 aromatic heterocycles.